The molecule has 2 aromatic carbocycles. The summed E-state index contributed by atoms with van der Waals surface area (Å²) in [5, 5.41) is 5.23. The van der Waals surface area contributed by atoms with Crippen LogP contribution in [-0.4, -0.2) is 27.0 Å². The van der Waals surface area contributed by atoms with Crippen molar-refractivity contribution in [2.75, 3.05) is 10.6 Å². The molecule has 1 unspecified atom stereocenters. The average molecular weight is 354 g/mol. The topological polar surface area (TPSA) is 86.9 Å². The van der Waals surface area contributed by atoms with E-state index in [2.05, 4.69) is 20.6 Å². The highest BCUT2D eigenvalue weighted by Gasteiger charge is 2.16. The molecule has 3 N–H and O–H groups in total. The van der Waals surface area contributed by atoms with Crippen molar-refractivity contribution in [2.45, 2.75) is 24.0 Å². The SMILES string of the molecule is CC(=O)Nc1ccc(SC(C)C(=O)Nc2nc3ccccc3[nH]2)cc1. The van der Waals surface area contributed by atoms with Crippen LogP contribution in [0.3, 0.4) is 0 Å². The van der Waals surface area contributed by atoms with Gasteiger partial charge in [0.2, 0.25) is 17.8 Å². The highest BCUT2D eigenvalue weighted by Crippen LogP contribution is 2.25. The second kappa shape index (κ2) is 7.40. The summed E-state index contributed by atoms with van der Waals surface area (Å²) in [6.45, 7) is 3.30. The standard InChI is InChI=1S/C18H18N4O2S/c1-11(25-14-9-7-13(8-10-14)19-12(2)23)17(24)22-18-20-15-5-3-4-6-16(15)21-18/h3-11H,1-2H3,(H,19,23)(H2,20,21,22,24). The number of H-pyrrole nitrogens is 1. The van der Waals surface area contributed by atoms with Crippen molar-refractivity contribution >= 4 is 46.2 Å². The number of carbonyl (C=O) groups excluding carboxylic acids is 2. The Labute approximate surface area is 149 Å². The predicted molar refractivity (Wildman–Crippen MR) is 101 cm³/mol. The molecule has 3 aromatic rings. The minimum Gasteiger partial charge on any atom is -0.326 e. The molecule has 1 heterocycles. The van der Waals surface area contributed by atoms with Crippen LogP contribution in [0, 0.1) is 0 Å². The number of nitrogens with zero attached hydrogens (tertiary/aromatic N) is 1. The maximum absolute atomic E-state index is 12.4. The molecular weight excluding hydrogens is 336 g/mol. The van der Waals surface area contributed by atoms with E-state index in [1.165, 1.54) is 18.7 Å². The van der Waals surface area contributed by atoms with Gasteiger partial charge in [-0.25, -0.2) is 4.98 Å². The summed E-state index contributed by atoms with van der Waals surface area (Å²) in [7, 11) is 0. The number of anilines is 2. The van der Waals surface area contributed by atoms with Gasteiger partial charge in [-0.05, 0) is 43.3 Å². The Morgan fingerprint density at radius 3 is 2.48 bits per heavy atom. The van der Waals surface area contributed by atoms with Gasteiger partial charge in [0.15, 0.2) is 0 Å². The molecule has 0 saturated carbocycles. The Kier molecular flexibility index (Phi) is 5.04. The van der Waals surface area contributed by atoms with Crippen LogP contribution in [0.25, 0.3) is 11.0 Å². The van der Waals surface area contributed by atoms with Crippen molar-refractivity contribution in [3.05, 3.63) is 48.5 Å². The van der Waals surface area contributed by atoms with E-state index >= 15 is 0 Å². The van der Waals surface area contributed by atoms with Crippen molar-refractivity contribution in [3.8, 4) is 0 Å². The Balaban J connectivity index is 1.61. The van der Waals surface area contributed by atoms with Crippen LogP contribution in [0.1, 0.15) is 13.8 Å². The summed E-state index contributed by atoms with van der Waals surface area (Å²) < 4.78 is 0. The van der Waals surface area contributed by atoms with Gasteiger partial charge in [0, 0.05) is 17.5 Å². The van der Waals surface area contributed by atoms with Gasteiger partial charge in [-0.15, -0.1) is 11.8 Å². The van der Waals surface area contributed by atoms with Crippen LogP contribution in [0.4, 0.5) is 11.6 Å². The quantitative estimate of drug-likeness (QED) is 0.611. The fraction of sp³-hybridized carbons (Fsp3) is 0.167. The first kappa shape index (κ1) is 17.0. The van der Waals surface area contributed by atoms with E-state index < -0.39 is 0 Å². The maximum atomic E-state index is 12.4. The number of amides is 2. The molecule has 2 amide bonds. The number of aromatic nitrogens is 2. The number of benzene rings is 2. The number of nitrogens with one attached hydrogen (secondary N) is 3. The molecule has 128 valence electrons. The monoisotopic (exact) mass is 354 g/mol. The first-order valence-electron chi connectivity index (χ1n) is 7.81. The number of para-hydroxylation sites is 2. The lowest BCUT2D eigenvalue weighted by molar-refractivity contribution is -0.115. The first-order valence-corrected chi connectivity index (χ1v) is 8.69. The number of carbonyl (C=O) groups is 2. The Hall–Kier alpha value is -2.80. The van der Waals surface area contributed by atoms with Gasteiger partial charge in [0.05, 0.1) is 16.3 Å². The molecule has 0 spiro atoms. The van der Waals surface area contributed by atoms with Crippen LogP contribution in [0.15, 0.2) is 53.4 Å². The van der Waals surface area contributed by atoms with Crippen molar-refractivity contribution in [1.82, 2.24) is 9.97 Å². The molecule has 0 saturated heterocycles. The molecule has 0 fully saturated rings. The molecule has 3 rings (SSSR count). The number of rotatable bonds is 5. The van der Waals surface area contributed by atoms with Crippen LogP contribution in [-0.2, 0) is 9.59 Å². The van der Waals surface area contributed by atoms with Crippen molar-refractivity contribution in [1.29, 1.82) is 0 Å². The number of imidazole rings is 1. The van der Waals surface area contributed by atoms with E-state index in [4.69, 9.17) is 0 Å². The van der Waals surface area contributed by atoms with Crippen LogP contribution in [0.2, 0.25) is 0 Å². The summed E-state index contributed by atoms with van der Waals surface area (Å²) in [5.74, 6) is 0.202. The predicted octanol–water partition coefficient (Wildman–Crippen LogP) is 3.64. The third-order valence-electron chi connectivity index (χ3n) is 3.49. The lowest BCUT2D eigenvalue weighted by Crippen LogP contribution is -2.23. The number of aromatic amines is 1. The molecule has 6 nitrogen and oxygen atoms in total. The highest BCUT2D eigenvalue weighted by molar-refractivity contribution is 8.00. The summed E-state index contributed by atoms with van der Waals surface area (Å²) in [6, 6.07) is 15.0. The molecule has 0 radical (unpaired) electrons. The lowest BCUT2D eigenvalue weighted by Gasteiger charge is -2.11. The smallest absolute Gasteiger partial charge is 0.239 e. The Morgan fingerprint density at radius 1 is 1.08 bits per heavy atom. The zero-order chi connectivity index (χ0) is 17.8. The third kappa shape index (κ3) is 4.39. The molecule has 25 heavy (non-hydrogen) atoms. The van der Waals surface area contributed by atoms with Crippen molar-refractivity contribution in [3.63, 3.8) is 0 Å². The Morgan fingerprint density at radius 2 is 1.80 bits per heavy atom. The zero-order valence-corrected chi connectivity index (χ0v) is 14.7. The van der Waals surface area contributed by atoms with E-state index in [0.717, 1.165) is 21.6 Å². The molecule has 0 aliphatic carbocycles. The fourth-order valence-corrected chi connectivity index (χ4v) is 3.18. The van der Waals surface area contributed by atoms with Gasteiger partial charge >= 0.3 is 0 Å². The normalized spacial score (nSPS) is 11.9. The molecule has 1 atom stereocenters. The highest BCUT2D eigenvalue weighted by atomic mass is 32.2. The van der Waals surface area contributed by atoms with E-state index in [0.29, 0.717) is 5.95 Å². The second-order valence-electron chi connectivity index (χ2n) is 5.56. The van der Waals surface area contributed by atoms with Crippen LogP contribution >= 0.6 is 11.8 Å². The molecular formula is C18H18N4O2S. The number of fused-ring (bicyclic) bond motifs is 1. The number of hydrogen-bond donors (Lipinski definition) is 3. The zero-order valence-electron chi connectivity index (χ0n) is 13.9. The van der Waals surface area contributed by atoms with E-state index in [1.54, 1.807) is 0 Å². The van der Waals surface area contributed by atoms with Crippen LogP contribution in [0.5, 0.6) is 0 Å². The molecule has 0 bridgehead atoms. The largest absolute Gasteiger partial charge is 0.326 e. The summed E-state index contributed by atoms with van der Waals surface area (Å²) in [4.78, 5) is 31.8. The van der Waals surface area contributed by atoms with Gasteiger partial charge in [-0.3, -0.25) is 14.9 Å². The average Bonchev–Trinajstić information content (AvgIpc) is 2.98. The first-order chi connectivity index (χ1) is 12.0. The summed E-state index contributed by atoms with van der Waals surface area (Å²) in [6.07, 6.45) is 0. The van der Waals surface area contributed by atoms with Gasteiger partial charge in [0.1, 0.15) is 0 Å². The van der Waals surface area contributed by atoms with Gasteiger partial charge in [-0.1, -0.05) is 12.1 Å². The van der Waals surface area contributed by atoms with E-state index in [-0.39, 0.29) is 17.1 Å². The molecule has 0 aliphatic heterocycles. The van der Waals surface area contributed by atoms with E-state index in [9.17, 15) is 9.59 Å². The van der Waals surface area contributed by atoms with Crippen LogP contribution < -0.4 is 10.6 Å². The molecule has 0 aliphatic rings. The second-order valence-corrected chi connectivity index (χ2v) is 6.97. The summed E-state index contributed by atoms with van der Waals surface area (Å²) >= 11 is 1.44. The van der Waals surface area contributed by atoms with Crippen molar-refractivity contribution in [2.24, 2.45) is 0 Å². The minimum atomic E-state index is -0.292. The Bertz CT molecular complexity index is 872. The summed E-state index contributed by atoms with van der Waals surface area (Å²) in [5.41, 5.74) is 2.43. The van der Waals surface area contributed by atoms with E-state index in [1.807, 2.05) is 55.5 Å². The molecule has 7 heteroatoms. The molecule has 1 aromatic heterocycles. The van der Waals surface area contributed by atoms with Gasteiger partial charge in [-0.2, -0.15) is 0 Å². The number of hydrogen-bond acceptors (Lipinski definition) is 4. The fourth-order valence-electron chi connectivity index (χ4n) is 2.31. The van der Waals surface area contributed by atoms with Gasteiger partial charge < -0.3 is 10.3 Å². The van der Waals surface area contributed by atoms with Crippen molar-refractivity contribution < 1.29 is 9.59 Å². The minimum absolute atomic E-state index is 0.112. The number of thioether (sulfide) groups is 1. The van der Waals surface area contributed by atoms with Gasteiger partial charge in [0.25, 0.3) is 0 Å². The maximum Gasteiger partial charge on any atom is 0.239 e. The lowest BCUT2D eigenvalue weighted by atomic mass is 10.3. The third-order valence-corrected chi connectivity index (χ3v) is 4.60.